The van der Waals surface area contributed by atoms with Crippen LogP contribution in [0.15, 0.2) is 53.4 Å². The normalized spacial score (nSPS) is 14.0. The van der Waals surface area contributed by atoms with Crippen LogP contribution in [-0.2, 0) is 0 Å². The summed E-state index contributed by atoms with van der Waals surface area (Å²) in [5, 5.41) is 0. The summed E-state index contributed by atoms with van der Waals surface area (Å²) in [6.07, 6.45) is -7.84. The van der Waals surface area contributed by atoms with E-state index in [0.29, 0.717) is 29.7 Å². The molecule has 0 aliphatic rings. The minimum Gasteiger partial charge on any atom is -0.494 e. The number of unbranched alkanes of at least 4 members (excludes halogenated alkanes) is 1. The first-order valence-electron chi connectivity index (χ1n) is 11.1. The third-order valence-corrected chi connectivity index (χ3v) is 6.51. The van der Waals surface area contributed by atoms with Crippen molar-refractivity contribution < 1.29 is 61.8 Å². The molecule has 15 heteroatoms. The van der Waals surface area contributed by atoms with Crippen molar-refractivity contribution >= 4 is 11.8 Å². The Morgan fingerprint density at radius 1 is 0.615 bits per heavy atom. The Balaban J connectivity index is 2.07. The molecule has 39 heavy (non-hydrogen) atoms. The fraction of sp³-hybridized carbons (Fsp3) is 0.500. The second-order valence-electron chi connectivity index (χ2n) is 8.35. The summed E-state index contributed by atoms with van der Waals surface area (Å²) in [4.78, 5) is 0.165. The van der Waals surface area contributed by atoms with Crippen LogP contribution < -0.4 is 4.74 Å². The molecule has 0 fully saturated rings. The Morgan fingerprint density at radius 3 is 1.54 bits per heavy atom. The van der Waals surface area contributed by atoms with Gasteiger partial charge in [0.25, 0.3) is 0 Å². The van der Waals surface area contributed by atoms with E-state index in [1.807, 2.05) is 6.92 Å². The lowest BCUT2D eigenvalue weighted by Crippen LogP contribution is -2.70. The van der Waals surface area contributed by atoms with Crippen LogP contribution in [0, 0.1) is 0 Å². The summed E-state index contributed by atoms with van der Waals surface area (Å²) in [6.45, 7) is 2.54. The molecule has 0 N–H and O–H groups in total. The lowest BCUT2D eigenvalue weighted by molar-refractivity contribution is -0.439. The van der Waals surface area contributed by atoms with E-state index in [1.165, 1.54) is 24.3 Å². The third kappa shape index (κ3) is 6.54. The fourth-order valence-corrected chi connectivity index (χ4v) is 4.00. The van der Waals surface area contributed by atoms with Gasteiger partial charge in [0.05, 0.1) is 6.61 Å². The van der Waals surface area contributed by atoms with Crippen LogP contribution >= 0.6 is 11.8 Å². The van der Waals surface area contributed by atoms with E-state index in [4.69, 9.17) is 4.74 Å². The number of hydrogen-bond donors (Lipinski definition) is 0. The van der Waals surface area contributed by atoms with Crippen molar-refractivity contribution in [2.24, 2.45) is 0 Å². The highest BCUT2D eigenvalue weighted by atomic mass is 32.2. The molecule has 2 rings (SSSR count). The quantitative estimate of drug-likeness (QED) is 0.128. The van der Waals surface area contributed by atoms with E-state index >= 15 is 0 Å². The van der Waals surface area contributed by atoms with Crippen LogP contribution in [0.25, 0.3) is 11.1 Å². The Morgan fingerprint density at radius 2 is 1.08 bits per heavy atom. The van der Waals surface area contributed by atoms with Crippen molar-refractivity contribution in [1.82, 2.24) is 0 Å². The van der Waals surface area contributed by atoms with E-state index in [1.54, 1.807) is 24.3 Å². The molecule has 0 aliphatic carbocycles. The maximum absolute atomic E-state index is 13.9. The first kappa shape index (κ1) is 32.9. The largest absolute Gasteiger partial charge is 0.494 e. The highest BCUT2D eigenvalue weighted by Gasteiger charge is 2.90. The fourth-order valence-electron chi connectivity index (χ4n) is 3.08. The molecule has 0 saturated carbocycles. The van der Waals surface area contributed by atoms with Gasteiger partial charge in [0, 0.05) is 17.1 Å². The molecule has 0 bridgehead atoms. The zero-order chi connectivity index (χ0) is 29.9. The summed E-state index contributed by atoms with van der Waals surface area (Å²) in [5.74, 6) is -37.2. The maximum atomic E-state index is 13.9. The van der Waals surface area contributed by atoms with E-state index in [0.717, 1.165) is 18.4 Å². The number of rotatable bonds is 13. The molecule has 2 aromatic carbocycles. The number of benzene rings is 2. The number of alkyl halides is 13. The van der Waals surface area contributed by atoms with Gasteiger partial charge < -0.3 is 4.74 Å². The molecule has 0 saturated heterocycles. The highest BCUT2D eigenvalue weighted by molar-refractivity contribution is 7.99. The maximum Gasteiger partial charge on any atom is 0.460 e. The van der Waals surface area contributed by atoms with E-state index < -0.39 is 48.0 Å². The van der Waals surface area contributed by atoms with Crippen LogP contribution in [0.1, 0.15) is 26.2 Å². The van der Waals surface area contributed by atoms with Gasteiger partial charge in [-0.05, 0) is 41.8 Å². The number of thioether (sulfide) groups is 1. The van der Waals surface area contributed by atoms with Crippen LogP contribution in [0.2, 0.25) is 0 Å². The van der Waals surface area contributed by atoms with Crippen molar-refractivity contribution in [3.05, 3.63) is 48.5 Å². The molecule has 0 spiro atoms. The first-order valence-corrected chi connectivity index (χ1v) is 12.1. The van der Waals surface area contributed by atoms with Gasteiger partial charge in [0.1, 0.15) is 5.75 Å². The summed E-state index contributed by atoms with van der Waals surface area (Å²) in [7, 11) is 0. The Hall–Kier alpha value is -2.32. The van der Waals surface area contributed by atoms with Crippen LogP contribution in [0.5, 0.6) is 5.75 Å². The van der Waals surface area contributed by atoms with E-state index in [9.17, 15) is 57.1 Å². The number of hydrogen-bond acceptors (Lipinski definition) is 2. The number of ether oxygens (including phenoxy) is 1. The van der Waals surface area contributed by atoms with Crippen LogP contribution in [0.4, 0.5) is 57.1 Å². The van der Waals surface area contributed by atoms with Crippen molar-refractivity contribution in [1.29, 1.82) is 0 Å². The Labute approximate surface area is 218 Å². The molecule has 0 aromatic heterocycles. The van der Waals surface area contributed by atoms with Gasteiger partial charge in [-0.3, -0.25) is 0 Å². The average molecular weight is 604 g/mol. The predicted octanol–water partition coefficient (Wildman–Crippen LogP) is 9.75. The zero-order valence-electron chi connectivity index (χ0n) is 19.9. The topological polar surface area (TPSA) is 9.23 Å². The molecular weight excluding hydrogens is 583 g/mol. The third-order valence-electron chi connectivity index (χ3n) is 5.49. The Kier molecular flexibility index (Phi) is 9.83. The first-order chi connectivity index (χ1) is 17.7. The van der Waals surface area contributed by atoms with Gasteiger partial charge in [-0.25, -0.2) is 0 Å². The molecule has 0 amide bonds. The van der Waals surface area contributed by atoms with Gasteiger partial charge in [0.15, 0.2) is 0 Å². The summed E-state index contributed by atoms with van der Waals surface area (Å²) in [5.41, 5.74) is 1.36. The van der Waals surface area contributed by atoms with E-state index in [-0.39, 0.29) is 4.90 Å². The van der Waals surface area contributed by atoms with Gasteiger partial charge in [-0.2, -0.15) is 57.1 Å². The lowest BCUT2D eigenvalue weighted by Gasteiger charge is -2.39. The van der Waals surface area contributed by atoms with Crippen molar-refractivity contribution in [2.45, 2.75) is 66.9 Å². The van der Waals surface area contributed by atoms with Crippen LogP contribution in [-0.4, -0.2) is 48.1 Å². The molecule has 0 atom stereocenters. The molecular formula is C24H21F13OS. The SMILES string of the molecule is CCCCOc1ccc(-c2ccc(SCCC(F)(F)C(F)(F)C(F)(F)C(F)(F)C(F)(F)C(F)(F)F)cc2)cc1. The average Bonchev–Trinajstić information content (AvgIpc) is 2.84. The second-order valence-corrected chi connectivity index (χ2v) is 9.52. The highest BCUT2D eigenvalue weighted by Crippen LogP contribution is 2.60. The molecule has 0 unspecified atom stereocenters. The summed E-state index contributed by atoms with van der Waals surface area (Å²) in [6, 6.07) is 12.6. The van der Waals surface area contributed by atoms with Gasteiger partial charge in [0.2, 0.25) is 0 Å². The minimum absolute atomic E-state index is 0.165. The predicted molar refractivity (Wildman–Crippen MR) is 118 cm³/mol. The molecule has 220 valence electrons. The smallest absolute Gasteiger partial charge is 0.460 e. The monoisotopic (exact) mass is 604 g/mol. The van der Waals surface area contributed by atoms with E-state index in [2.05, 4.69) is 0 Å². The molecule has 0 aliphatic heterocycles. The standard InChI is InChI=1S/C24H21F13OS/c1-2-3-13-38-17-8-4-15(5-9-17)16-6-10-18(11-7-16)39-14-12-19(25,26)20(27,28)21(29,30)22(31,32)23(33,34)24(35,36)37/h4-11H,2-3,12-14H2,1H3. The minimum atomic E-state index is -7.88. The molecule has 0 heterocycles. The zero-order valence-corrected chi connectivity index (χ0v) is 20.7. The Bertz CT molecular complexity index is 1060. The van der Waals surface area contributed by atoms with Gasteiger partial charge in [-0.1, -0.05) is 37.6 Å². The molecule has 1 nitrogen and oxygen atoms in total. The van der Waals surface area contributed by atoms with Gasteiger partial charge >= 0.3 is 35.8 Å². The van der Waals surface area contributed by atoms with Gasteiger partial charge in [-0.15, -0.1) is 11.8 Å². The molecule has 0 radical (unpaired) electrons. The number of halogens is 13. The lowest BCUT2D eigenvalue weighted by atomic mass is 9.93. The summed E-state index contributed by atoms with van der Waals surface area (Å²) < 4.78 is 177. The second kappa shape index (κ2) is 11.7. The van der Waals surface area contributed by atoms with Crippen molar-refractivity contribution in [2.75, 3.05) is 12.4 Å². The summed E-state index contributed by atoms with van der Waals surface area (Å²) >= 11 is 0.415. The van der Waals surface area contributed by atoms with Crippen molar-refractivity contribution in [3.8, 4) is 16.9 Å². The van der Waals surface area contributed by atoms with Crippen molar-refractivity contribution in [3.63, 3.8) is 0 Å². The molecule has 2 aromatic rings. The van der Waals surface area contributed by atoms with Crippen LogP contribution in [0.3, 0.4) is 0 Å².